The number of nitrogens with zero attached hydrogens (tertiary/aromatic N) is 1. The van der Waals surface area contributed by atoms with E-state index >= 15 is 0 Å². The Labute approximate surface area is 228 Å². The lowest BCUT2D eigenvalue weighted by molar-refractivity contribution is -0.148. The largest absolute Gasteiger partial charge is 0.492 e. The van der Waals surface area contributed by atoms with Crippen LogP contribution in [0.4, 0.5) is 0 Å². The lowest BCUT2D eigenvalue weighted by Crippen LogP contribution is -2.46. The monoisotopic (exact) mass is 544 g/mol. The van der Waals surface area contributed by atoms with Gasteiger partial charge in [-0.15, -0.1) is 0 Å². The van der Waals surface area contributed by atoms with Crippen molar-refractivity contribution in [2.24, 2.45) is 5.92 Å². The molecule has 0 bridgehead atoms. The number of morpholine rings is 1. The van der Waals surface area contributed by atoms with Crippen molar-refractivity contribution in [3.05, 3.63) is 57.6 Å². The van der Waals surface area contributed by atoms with E-state index in [2.05, 4.69) is 10.2 Å². The lowest BCUT2D eigenvalue weighted by atomic mass is 9.75. The van der Waals surface area contributed by atoms with Crippen LogP contribution in [0.3, 0.4) is 0 Å². The summed E-state index contributed by atoms with van der Waals surface area (Å²) < 4.78 is 22.1. The van der Waals surface area contributed by atoms with E-state index in [-0.39, 0.29) is 12.5 Å². The minimum atomic E-state index is -1.06. The predicted octanol–water partition coefficient (Wildman–Crippen LogP) is 2.07. The molecule has 2 aliphatic heterocycles. The highest BCUT2D eigenvalue weighted by Gasteiger charge is 2.32. The number of rotatable bonds is 10. The maximum absolute atomic E-state index is 13.1. The quantitative estimate of drug-likeness (QED) is 0.346. The zero-order valence-corrected chi connectivity index (χ0v) is 22.8. The zero-order valence-electron chi connectivity index (χ0n) is 22.0. The second-order valence-electron chi connectivity index (χ2n) is 9.84. The molecule has 0 saturated carbocycles. The Kier molecular flexibility index (Phi) is 9.67. The van der Waals surface area contributed by atoms with Crippen molar-refractivity contribution < 1.29 is 33.5 Å². The average molecular weight is 545 g/mol. The summed E-state index contributed by atoms with van der Waals surface area (Å²) in [5.74, 6) is -0.636. The Bertz CT molecular complexity index is 1160. The van der Waals surface area contributed by atoms with Crippen molar-refractivity contribution in [1.29, 1.82) is 0 Å². The summed E-state index contributed by atoms with van der Waals surface area (Å²) in [7, 11) is -1.06. The van der Waals surface area contributed by atoms with Crippen LogP contribution in [0.2, 0.25) is 5.02 Å². The third-order valence-electron chi connectivity index (χ3n) is 6.85. The highest BCUT2D eigenvalue weighted by Crippen LogP contribution is 2.26. The molecule has 1 atom stereocenters. The molecule has 4 rings (SSSR count). The first-order valence-electron chi connectivity index (χ1n) is 12.9. The Morgan fingerprint density at radius 1 is 1.21 bits per heavy atom. The molecule has 11 heteroatoms. The fourth-order valence-corrected chi connectivity index (χ4v) is 4.74. The van der Waals surface area contributed by atoms with E-state index in [4.69, 9.17) is 30.5 Å². The van der Waals surface area contributed by atoms with Gasteiger partial charge in [0.1, 0.15) is 25.0 Å². The Morgan fingerprint density at radius 2 is 1.97 bits per heavy atom. The molecular formula is C27H34BClN2O7. The third kappa shape index (κ3) is 6.87. The number of amides is 1. The van der Waals surface area contributed by atoms with E-state index in [1.807, 2.05) is 13.8 Å². The Hall–Kier alpha value is -2.63. The molecule has 1 unspecified atom stereocenters. The number of carbonyl (C=O) groups is 2. The molecule has 1 saturated heterocycles. The molecule has 0 aliphatic carbocycles. The van der Waals surface area contributed by atoms with Gasteiger partial charge in [0.05, 0.1) is 24.8 Å². The SMILES string of the molecule is Cc1c(C(=O)NC(C(=O)OCc2ccc(Cl)c(OCCN3CCOCC3)c2)C(C)C)ccc2c1B(O)OC2. The molecule has 0 aromatic heterocycles. The van der Waals surface area contributed by atoms with E-state index in [9.17, 15) is 14.6 Å². The van der Waals surface area contributed by atoms with Crippen molar-refractivity contribution in [2.45, 2.75) is 40.0 Å². The summed E-state index contributed by atoms with van der Waals surface area (Å²) >= 11 is 6.31. The van der Waals surface area contributed by atoms with E-state index in [0.717, 1.165) is 44.0 Å². The third-order valence-corrected chi connectivity index (χ3v) is 7.16. The first-order chi connectivity index (χ1) is 18.2. The minimum absolute atomic E-state index is 0.0102. The fourth-order valence-electron chi connectivity index (χ4n) is 4.57. The fraction of sp³-hybridized carbons (Fsp3) is 0.481. The number of ether oxygens (including phenoxy) is 3. The molecule has 2 N–H and O–H groups in total. The van der Waals surface area contributed by atoms with Crippen molar-refractivity contribution >= 4 is 36.1 Å². The Morgan fingerprint density at radius 3 is 2.71 bits per heavy atom. The molecule has 2 aromatic carbocycles. The second-order valence-corrected chi connectivity index (χ2v) is 10.3. The number of fused-ring (bicyclic) bond motifs is 1. The zero-order chi connectivity index (χ0) is 27.2. The molecule has 1 fully saturated rings. The number of nitrogens with one attached hydrogen (secondary N) is 1. The van der Waals surface area contributed by atoms with Crippen LogP contribution in [0, 0.1) is 12.8 Å². The molecule has 38 heavy (non-hydrogen) atoms. The van der Waals surface area contributed by atoms with Gasteiger partial charge in [-0.25, -0.2) is 4.79 Å². The summed E-state index contributed by atoms with van der Waals surface area (Å²) in [6.45, 7) is 10.2. The summed E-state index contributed by atoms with van der Waals surface area (Å²) in [5, 5.41) is 13.4. The summed E-state index contributed by atoms with van der Waals surface area (Å²) in [6, 6.07) is 7.84. The number of hydrogen-bond donors (Lipinski definition) is 2. The van der Waals surface area contributed by atoms with Crippen LogP contribution in [-0.4, -0.2) is 74.4 Å². The van der Waals surface area contributed by atoms with Crippen molar-refractivity contribution in [3.8, 4) is 5.75 Å². The van der Waals surface area contributed by atoms with Gasteiger partial charge in [0.25, 0.3) is 5.91 Å². The van der Waals surface area contributed by atoms with Gasteiger partial charge < -0.3 is 29.2 Å². The maximum atomic E-state index is 13.1. The smallest absolute Gasteiger partial charge is 0.491 e. The summed E-state index contributed by atoms with van der Waals surface area (Å²) in [6.07, 6.45) is 0. The van der Waals surface area contributed by atoms with Crippen molar-refractivity contribution in [1.82, 2.24) is 10.2 Å². The molecule has 9 nitrogen and oxygen atoms in total. The van der Waals surface area contributed by atoms with Gasteiger partial charge in [0.15, 0.2) is 0 Å². The Balaban J connectivity index is 1.34. The topological polar surface area (TPSA) is 107 Å². The molecule has 204 valence electrons. The molecular weight excluding hydrogens is 511 g/mol. The van der Waals surface area contributed by atoms with Crippen LogP contribution >= 0.6 is 11.6 Å². The number of halogens is 1. The highest BCUT2D eigenvalue weighted by atomic mass is 35.5. The maximum Gasteiger partial charge on any atom is 0.492 e. The van der Waals surface area contributed by atoms with Crippen LogP contribution < -0.4 is 15.5 Å². The van der Waals surface area contributed by atoms with Crippen molar-refractivity contribution in [2.75, 3.05) is 39.5 Å². The van der Waals surface area contributed by atoms with Gasteiger partial charge in [-0.05, 0) is 53.2 Å². The summed E-state index contributed by atoms with van der Waals surface area (Å²) in [5.41, 5.74) is 3.18. The summed E-state index contributed by atoms with van der Waals surface area (Å²) in [4.78, 5) is 28.3. The van der Waals surface area contributed by atoms with Gasteiger partial charge in [-0.1, -0.05) is 37.6 Å². The molecule has 0 spiro atoms. The number of carbonyl (C=O) groups excluding carboxylic acids is 2. The van der Waals surface area contributed by atoms with E-state index in [0.29, 0.717) is 40.6 Å². The second kappa shape index (κ2) is 13.0. The van der Waals surface area contributed by atoms with Crippen LogP contribution in [0.15, 0.2) is 30.3 Å². The first kappa shape index (κ1) is 28.4. The molecule has 1 amide bonds. The van der Waals surface area contributed by atoms with Gasteiger partial charge in [-0.3, -0.25) is 9.69 Å². The van der Waals surface area contributed by atoms with Crippen LogP contribution in [0.1, 0.15) is 40.9 Å². The first-order valence-corrected chi connectivity index (χ1v) is 13.2. The molecule has 2 aromatic rings. The van der Waals surface area contributed by atoms with E-state index in [1.54, 1.807) is 37.3 Å². The number of esters is 1. The number of benzene rings is 2. The van der Waals surface area contributed by atoms with Gasteiger partial charge in [0, 0.05) is 25.2 Å². The number of hydrogen-bond acceptors (Lipinski definition) is 8. The highest BCUT2D eigenvalue weighted by molar-refractivity contribution is 6.62. The lowest BCUT2D eigenvalue weighted by Gasteiger charge is -2.26. The van der Waals surface area contributed by atoms with E-state index in [1.165, 1.54) is 0 Å². The van der Waals surface area contributed by atoms with E-state index < -0.39 is 25.0 Å². The van der Waals surface area contributed by atoms with Crippen LogP contribution in [0.25, 0.3) is 0 Å². The predicted molar refractivity (Wildman–Crippen MR) is 144 cm³/mol. The van der Waals surface area contributed by atoms with Crippen LogP contribution in [0.5, 0.6) is 5.75 Å². The van der Waals surface area contributed by atoms with Crippen LogP contribution in [-0.2, 0) is 32.1 Å². The minimum Gasteiger partial charge on any atom is -0.491 e. The van der Waals surface area contributed by atoms with Gasteiger partial charge in [0.2, 0.25) is 0 Å². The molecule has 0 radical (unpaired) electrons. The standard InChI is InChI=1S/C27H34BClN2O7/c1-17(2)25(30-26(32)21-6-5-20-16-38-28(34)24(20)18(21)3)27(33)37-15-19-4-7-22(29)23(14-19)36-13-10-31-8-11-35-12-9-31/h4-7,14,17,25,34H,8-13,15-16H2,1-3H3,(H,30,32). The van der Waals surface area contributed by atoms with Crippen molar-refractivity contribution in [3.63, 3.8) is 0 Å². The average Bonchev–Trinajstić information content (AvgIpc) is 3.29. The molecule has 2 heterocycles. The molecule has 2 aliphatic rings. The van der Waals surface area contributed by atoms with Gasteiger partial charge >= 0.3 is 13.1 Å². The van der Waals surface area contributed by atoms with Gasteiger partial charge in [-0.2, -0.15) is 0 Å². The normalized spacial score (nSPS) is 16.3.